The van der Waals surface area contributed by atoms with Gasteiger partial charge in [0.1, 0.15) is 17.7 Å². The molecule has 2 unspecified atom stereocenters. The summed E-state index contributed by atoms with van der Waals surface area (Å²) in [6, 6.07) is 7.62. The Labute approximate surface area is 180 Å². The third-order valence-corrected chi connectivity index (χ3v) is 4.71. The number of aromatic nitrogens is 2. The van der Waals surface area contributed by atoms with Crippen molar-refractivity contribution in [2.45, 2.75) is 45.1 Å². The van der Waals surface area contributed by atoms with Crippen molar-refractivity contribution in [3.05, 3.63) is 48.0 Å². The van der Waals surface area contributed by atoms with Crippen LogP contribution in [0.2, 0.25) is 0 Å². The summed E-state index contributed by atoms with van der Waals surface area (Å²) in [7, 11) is 1.41. The summed E-state index contributed by atoms with van der Waals surface area (Å²) in [6.45, 7) is 6.32. The molecule has 0 radical (unpaired) electrons. The van der Waals surface area contributed by atoms with Gasteiger partial charge in [0, 0.05) is 39.0 Å². The third kappa shape index (κ3) is 6.36. The Morgan fingerprint density at radius 1 is 1.29 bits per heavy atom. The van der Waals surface area contributed by atoms with E-state index in [2.05, 4.69) is 20.6 Å². The van der Waals surface area contributed by atoms with Crippen LogP contribution in [0, 0.1) is 6.92 Å². The first-order valence-electron chi connectivity index (χ1n) is 10.1. The predicted molar refractivity (Wildman–Crippen MR) is 113 cm³/mol. The van der Waals surface area contributed by atoms with Crippen molar-refractivity contribution in [2.24, 2.45) is 12.0 Å². The van der Waals surface area contributed by atoms with Gasteiger partial charge in [-0.25, -0.2) is 9.98 Å². The average molecular weight is 441 g/mol. The SMILES string of the molecule is CCNC(=NCC(C)Oc1ccccc1C)NCCC(O)(c1nccn1C)C(F)(F)F. The number of aliphatic imine (C=N–C) groups is 1. The first-order valence-corrected chi connectivity index (χ1v) is 10.1. The fraction of sp³-hybridized carbons (Fsp3) is 0.524. The molecule has 0 fully saturated rings. The minimum Gasteiger partial charge on any atom is -0.489 e. The Bertz CT molecular complexity index is 869. The van der Waals surface area contributed by atoms with Crippen molar-refractivity contribution in [2.75, 3.05) is 19.6 Å². The van der Waals surface area contributed by atoms with E-state index in [0.717, 1.165) is 15.9 Å². The molecule has 31 heavy (non-hydrogen) atoms. The molecule has 2 atom stereocenters. The quantitative estimate of drug-likeness (QED) is 0.412. The van der Waals surface area contributed by atoms with Crippen molar-refractivity contribution in [1.82, 2.24) is 20.2 Å². The molecule has 0 aliphatic carbocycles. The first-order chi connectivity index (χ1) is 14.6. The van der Waals surface area contributed by atoms with E-state index < -0.39 is 24.0 Å². The zero-order chi connectivity index (χ0) is 23.1. The summed E-state index contributed by atoms with van der Waals surface area (Å²) in [6.07, 6.45) is -3.15. The van der Waals surface area contributed by atoms with Gasteiger partial charge in [-0.1, -0.05) is 18.2 Å². The first kappa shape index (κ1) is 24.5. The van der Waals surface area contributed by atoms with E-state index in [4.69, 9.17) is 4.74 Å². The summed E-state index contributed by atoms with van der Waals surface area (Å²) in [5.74, 6) is 0.643. The molecule has 3 N–H and O–H groups in total. The van der Waals surface area contributed by atoms with Gasteiger partial charge >= 0.3 is 6.18 Å². The second kappa shape index (κ2) is 10.5. The summed E-state index contributed by atoms with van der Waals surface area (Å²) < 4.78 is 47.9. The maximum absolute atomic E-state index is 13.6. The number of alkyl halides is 3. The molecule has 172 valence electrons. The number of guanidine groups is 1. The summed E-state index contributed by atoms with van der Waals surface area (Å²) >= 11 is 0. The monoisotopic (exact) mass is 441 g/mol. The lowest BCUT2D eigenvalue weighted by atomic mass is 9.97. The number of nitrogens with one attached hydrogen (secondary N) is 2. The van der Waals surface area contributed by atoms with Crippen LogP contribution < -0.4 is 15.4 Å². The van der Waals surface area contributed by atoms with Crippen LogP contribution in [0.4, 0.5) is 13.2 Å². The molecule has 0 amide bonds. The number of benzene rings is 1. The highest BCUT2D eigenvalue weighted by Crippen LogP contribution is 2.40. The molecule has 0 saturated carbocycles. The van der Waals surface area contributed by atoms with Crippen molar-refractivity contribution < 1.29 is 23.0 Å². The molecule has 2 rings (SSSR count). The standard InChI is InChI=1S/C21H30F3N5O2/c1-5-25-19(28-14-16(3)31-17-9-7-6-8-15(17)2)27-11-10-20(30,21(22,23)24)18-26-12-13-29(18)4/h6-9,12-13,16,30H,5,10-11,14H2,1-4H3,(H2,25,27,28). The van der Waals surface area contributed by atoms with Crippen LogP contribution in [0.25, 0.3) is 0 Å². The van der Waals surface area contributed by atoms with Crippen molar-refractivity contribution >= 4 is 5.96 Å². The second-order valence-corrected chi connectivity index (χ2v) is 7.31. The van der Waals surface area contributed by atoms with Gasteiger partial charge in [0.25, 0.3) is 0 Å². The highest BCUT2D eigenvalue weighted by molar-refractivity contribution is 5.79. The number of nitrogens with zero attached hydrogens (tertiary/aromatic N) is 3. The topological polar surface area (TPSA) is 83.7 Å². The second-order valence-electron chi connectivity index (χ2n) is 7.31. The molecule has 1 aromatic heterocycles. The van der Waals surface area contributed by atoms with Crippen LogP contribution in [0.5, 0.6) is 5.75 Å². The van der Waals surface area contributed by atoms with Gasteiger partial charge < -0.3 is 25.0 Å². The van der Waals surface area contributed by atoms with Gasteiger partial charge in [0.15, 0.2) is 5.96 Å². The van der Waals surface area contributed by atoms with Crippen LogP contribution in [0.3, 0.4) is 0 Å². The fourth-order valence-electron chi connectivity index (χ4n) is 3.01. The lowest BCUT2D eigenvalue weighted by Crippen LogP contribution is -2.48. The van der Waals surface area contributed by atoms with Crippen molar-refractivity contribution in [1.29, 1.82) is 0 Å². The average Bonchev–Trinajstić information content (AvgIpc) is 3.13. The summed E-state index contributed by atoms with van der Waals surface area (Å²) in [5, 5.41) is 16.2. The zero-order valence-corrected chi connectivity index (χ0v) is 18.2. The van der Waals surface area contributed by atoms with Gasteiger partial charge in [0.05, 0.1) is 6.54 Å². The highest BCUT2D eigenvalue weighted by atomic mass is 19.4. The van der Waals surface area contributed by atoms with E-state index in [1.54, 1.807) is 0 Å². The number of rotatable bonds is 9. The molecule has 0 saturated heterocycles. The fourth-order valence-corrected chi connectivity index (χ4v) is 3.01. The molecule has 2 aromatic rings. The number of imidazole rings is 1. The number of hydrogen-bond donors (Lipinski definition) is 3. The smallest absolute Gasteiger partial charge is 0.424 e. The summed E-state index contributed by atoms with van der Waals surface area (Å²) in [5.41, 5.74) is -2.07. The van der Waals surface area contributed by atoms with Gasteiger partial charge in [0.2, 0.25) is 5.60 Å². The molecular weight excluding hydrogens is 411 g/mol. The van der Waals surface area contributed by atoms with Gasteiger partial charge in [-0.3, -0.25) is 0 Å². The lowest BCUT2D eigenvalue weighted by molar-refractivity contribution is -0.272. The summed E-state index contributed by atoms with van der Waals surface area (Å²) in [4.78, 5) is 8.08. The molecule has 0 spiro atoms. The Kier molecular flexibility index (Phi) is 8.32. The van der Waals surface area contributed by atoms with E-state index in [9.17, 15) is 18.3 Å². The number of hydrogen-bond acceptors (Lipinski definition) is 4. The molecule has 7 nitrogen and oxygen atoms in total. The van der Waals surface area contributed by atoms with Gasteiger partial charge in [-0.05, 0) is 32.4 Å². The number of halogens is 3. The largest absolute Gasteiger partial charge is 0.489 e. The maximum atomic E-state index is 13.6. The van der Waals surface area contributed by atoms with Crippen LogP contribution >= 0.6 is 0 Å². The number of ether oxygens (including phenoxy) is 1. The zero-order valence-electron chi connectivity index (χ0n) is 18.2. The number of para-hydroxylation sites is 1. The van der Waals surface area contributed by atoms with Gasteiger partial charge in [-0.2, -0.15) is 13.2 Å². The van der Waals surface area contributed by atoms with E-state index in [1.807, 2.05) is 45.0 Å². The molecule has 0 aliphatic heterocycles. The minimum absolute atomic E-state index is 0.165. The van der Waals surface area contributed by atoms with Gasteiger partial charge in [-0.15, -0.1) is 0 Å². The van der Waals surface area contributed by atoms with Crippen LogP contribution in [0.1, 0.15) is 31.7 Å². The molecule has 0 bridgehead atoms. The molecular formula is C21H30F3N5O2. The van der Waals surface area contributed by atoms with Crippen LogP contribution in [-0.4, -0.2) is 52.5 Å². The molecule has 0 aliphatic rings. The Balaban J connectivity index is 2.00. The minimum atomic E-state index is -4.88. The normalized spacial score (nSPS) is 15.3. The predicted octanol–water partition coefficient (Wildman–Crippen LogP) is 2.89. The van der Waals surface area contributed by atoms with E-state index in [-0.39, 0.29) is 12.6 Å². The van der Waals surface area contributed by atoms with E-state index in [1.165, 1.54) is 19.4 Å². The Morgan fingerprint density at radius 2 is 2.00 bits per heavy atom. The van der Waals surface area contributed by atoms with Crippen LogP contribution in [-0.2, 0) is 12.6 Å². The maximum Gasteiger partial charge on any atom is 0.424 e. The molecule has 10 heteroatoms. The molecule has 1 aromatic carbocycles. The van der Waals surface area contributed by atoms with E-state index >= 15 is 0 Å². The Morgan fingerprint density at radius 3 is 2.58 bits per heavy atom. The molecule has 1 heterocycles. The lowest BCUT2D eigenvalue weighted by Gasteiger charge is -2.30. The highest BCUT2D eigenvalue weighted by Gasteiger charge is 2.57. The van der Waals surface area contributed by atoms with Crippen LogP contribution in [0.15, 0.2) is 41.7 Å². The number of aryl methyl sites for hydroxylation is 2. The van der Waals surface area contributed by atoms with Crippen molar-refractivity contribution in [3.8, 4) is 5.75 Å². The van der Waals surface area contributed by atoms with E-state index in [0.29, 0.717) is 19.0 Å². The van der Waals surface area contributed by atoms with Crippen molar-refractivity contribution in [3.63, 3.8) is 0 Å². The number of aliphatic hydroxyl groups is 1. The third-order valence-electron chi connectivity index (χ3n) is 4.71. The Hall–Kier alpha value is -2.75.